The number of alkyl halides is 1. The number of aryl methyl sites for hydroxylation is 1. The Morgan fingerprint density at radius 3 is 2.51 bits per heavy atom. The van der Waals surface area contributed by atoms with Crippen molar-refractivity contribution in [3.63, 3.8) is 0 Å². The van der Waals surface area contributed by atoms with Gasteiger partial charge in [0.15, 0.2) is 11.8 Å². The van der Waals surface area contributed by atoms with Gasteiger partial charge < -0.3 is 44.1 Å². The fraction of sp³-hybridized carbons (Fsp3) is 0.500. The van der Waals surface area contributed by atoms with E-state index in [0.717, 1.165) is 11.5 Å². The lowest BCUT2D eigenvalue weighted by Gasteiger charge is -2.27. The molecule has 2 aromatic rings. The number of rotatable bonds is 8. The van der Waals surface area contributed by atoms with Crippen LogP contribution in [0.1, 0.15) is 19.0 Å². The lowest BCUT2D eigenvalue weighted by Crippen LogP contribution is -2.47. The number of nitrogens with zero attached hydrogens (tertiary/aromatic N) is 2. The van der Waals surface area contributed by atoms with Gasteiger partial charge in [-0.3, -0.25) is 9.32 Å². The molecule has 206 valence electrons. The van der Waals surface area contributed by atoms with Gasteiger partial charge in [0.2, 0.25) is 0 Å². The van der Waals surface area contributed by atoms with Crippen LogP contribution in [-0.4, -0.2) is 74.9 Å². The minimum absolute atomic E-state index is 0.0277. The van der Waals surface area contributed by atoms with Crippen molar-refractivity contribution in [3.8, 4) is 11.8 Å². The fourth-order valence-corrected chi connectivity index (χ4v) is 6.79. The third-order valence-electron chi connectivity index (χ3n) is 4.91. The normalized spacial score (nSPS) is 28.3. The number of fused-ring (bicyclic) bond motifs is 1. The van der Waals surface area contributed by atoms with Crippen molar-refractivity contribution in [1.29, 1.82) is 0 Å². The second-order valence-electron chi connectivity index (χ2n) is 7.67. The first-order valence-corrected chi connectivity index (χ1v) is 14.4. The first-order chi connectivity index (χ1) is 16.9. The van der Waals surface area contributed by atoms with Crippen molar-refractivity contribution in [2.45, 2.75) is 44.0 Å². The molecule has 0 spiro atoms. The van der Waals surface area contributed by atoms with Crippen molar-refractivity contribution in [1.82, 2.24) is 14.5 Å². The van der Waals surface area contributed by atoms with Gasteiger partial charge in [0.1, 0.15) is 30.4 Å². The number of aromatic amines is 1. The number of H-pyrrole nitrogens is 1. The van der Waals surface area contributed by atoms with Crippen LogP contribution >= 0.6 is 23.5 Å². The van der Waals surface area contributed by atoms with Crippen LogP contribution in [0.2, 0.25) is 0 Å². The summed E-state index contributed by atoms with van der Waals surface area (Å²) in [6.45, 7) is 1.22. The number of phosphoric ester groups is 1. The Balaban J connectivity index is 1.95. The molecule has 3 unspecified atom stereocenters. The summed E-state index contributed by atoms with van der Waals surface area (Å²) in [5.41, 5.74) is -3.18. The van der Waals surface area contributed by atoms with Crippen LogP contribution < -0.4 is 5.56 Å². The van der Waals surface area contributed by atoms with E-state index < -0.39 is 65.8 Å². The minimum Gasteiger partial charge on any atom is -0.386 e. The van der Waals surface area contributed by atoms with Gasteiger partial charge in [0, 0.05) is 6.20 Å². The van der Waals surface area contributed by atoms with E-state index in [9.17, 15) is 42.9 Å². The van der Waals surface area contributed by atoms with Crippen molar-refractivity contribution >= 4 is 34.5 Å². The Hall–Kier alpha value is -1.80. The van der Waals surface area contributed by atoms with E-state index in [1.807, 2.05) is 5.92 Å². The van der Waals surface area contributed by atoms with E-state index in [1.165, 1.54) is 19.2 Å². The van der Waals surface area contributed by atoms with Gasteiger partial charge in [0.05, 0.1) is 11.5 Å². The highest BCUT2D eigenvalue weighted by Crippen LogP contribution is 2.66. The number of aliphatic hydroxyl groups is 2. The summed E-state index contributed by atoms with van der Waals surface area (Å²) in [7, 11) is -17.1. The maximum atomic E-state index is 12.8. The Kier molecular flexibility index (Phi) is 8.36. The van der Waals surface area contributed by atoms with Crippen LogP contribution in [0.25, 0.3) is 11.0 Å². The van der Waals surface area contributed by atoms with E-state index in [1.54, 1.807) is 0 Å². The highest BCUT2D eigenvalue weighted by atomic mass is 31.3. The van der Waals surface area contributed by atoms with E-state index >= 15 is 0 Å². The van der Waals surface area contributed by atoms with E-state index in [4.69, 9.17) is 14.5 Å². The molecule has 0 aliphatic carbocycles. The first kappa shape index (κ1) is 29.8. The number of phosphoric acid groups is 3. The summed E-state index contributed by atoms with van der Waals surface area (Å²) in [6, 6.07) is 1.31. The van der Waals surface area contributed by atoms with Crippen molar-refractivity contribution in [3.05, 3.63) is 28.4 Å². The van der Waals surface area contributed by atoms with Gasteiger partial charge >= 0.3 is 23.5 Å². The van der Waals surface area contributed by atoms with Crippen molar-refractivity contribution in [2.24, 2.45) is 0 Å². The molecule has 0 radical (unpaired) electrons. The van der Waals surface area contributed by atoms with Gasteiger partial charge in [-0.05, 0) is 19.9 Å². The number of nitrogens with one attached hydrogen (secondary N) is 1. The molecule has 0 saturated carbocycles. The van der Waals surface area contributed by atoms with Crippen LogP contribution in [0.4, 0.5) is 4.39 Å². The van der Waals surface area contributed by atoms with Crippen LogP contribution in [-0.2, 0) is 31.6 Å². The fourth-order valence-electron chi connectivity index (χ4n) is 3.59. The molecule has 1 fully saturated rings. The summed E-state index contributed by atoms with van der Waals surface area (Å²) in [5, 5.41) is 22.1. The lowest BCUT2D eigenvalue weighted by molar-refractivity contribution is -0.0829. The van der Waals surface area contributed by atoms with Crippen LogP contribution in [0.15, 0.2) is 17.1 Å². The minimum atomic E-state index is -5.83. The summed E-state index contributed by atoms with van der Waals surface area (Å²) in [6.07, 6.45) is -6.04. The molecule has 0 aromatic carbocycles. The SMILES string of the molecule is Cc1nc2c(ccn2[C@@H]2O[C@H]([C@@H](C)OP(=O)(O)OP(=O)(O)OP(=O)(O)O)[C@H](O)C2(O)C#CCF)c(=O)[nH]1. The maximum absolute atomic E-state index is 12.8. The number of halogens is 1. The molecule has 7 atom stereocenters. The molecule has 3 rings (SSSR count). The molecule has 2 aromatic heterocycles. The zero-order chi connectivity index (χ0) is 28.0. The van der Waals surface area contributed by atoms with E-state index in [-0.39, 0.29) is 16.9 Å². The lowest BCUT2D eigenvalue weighted by atomic mass is 9.92. The van der Waals surface area contributed by atoms with Crippen molar-refractivity contribution in [2.75, 3.05) is 6.67 Å². The maximum Gasteiger partial charge on any atom is 0.490 e. The molecule has 0 bridgehead atoms. The predicted octanol–water partition coefficient (Wildman–Crippen LogP) is -0.273. The van der Waals surface area contributed by atoms with Gasteiger partial charge in [-0.2, -0.15) is 8.62 Å². The molecule has 1 aliphatic heterocycles. The Bertz CT molecular complexity index is 1440. The second-order valence-corrected chi connectivity index (χ2v) is 12.0. The number of aliphatic hydroxyl groups excluding tert-OH is 1. The molecule has 0 amide bonds. The zero-order valence-corrected chi connectivity index (χ0v) is 21.4. The summed E-state index contributed by atoms with van der Waals surface area (Å²) in [4.78, 5) is 55.2. The van der Waals surface area contributed by atoms with E-state index in [0.29, 0.717) is 0 Å². The van der Waals surface area contributed by atoms with E-state index in [2.05, 4.69) is 29.0 Å². The quantitative estimate of drug-likeness (QED) is 0.154. The Morgan fingerprint density at radius 2 is 1.92 bits per heavy atom. The van der Waals surface area contributed by atoms with Gasteiger partial charge in [-0.1, -0.05) is 11.8 Å². The molecular weight excluding hydrogens is 570 g/mol. The molecule has 7 N–H and O–H groups in total. The molecular formula is C16H21FN3O14P3. The smallest absolute Gasteiger partial charge is 0.386 e. The molecule has 3 heterocycles. The average molecular weight is 591 g/mol. The Labute approximate surface area is 206 Å². The third-order valence-corrected chi connectivity index (χ3v) is 8.84. The second kappa shape index (κ2) is 10.4. The number of aromatic nitrogens is 3. The van der Waals surface area contributed by atoms with Gasteiger partial charge in [0.25, 0.3) is 5.56 Å². The Morgan fingerprint density at radius 1 is 1.27 bits per heavy atom. The summed E-state index contributed by atoms with van der Waals surface area (Å²) < 4.78 is 66.0. The van der Waals surface area contributed by atoms with Gasteiger partial charge in [-0.25, -0.2) is 23.1 Å². The van der Waals surface area contributed by atoms with Gasteiger partial charge in [-0.15, -0.1) is 0 Å². The number of hydrogen-bond donors (Lipinski definition) is 7. The average Bonchev–Trinajstić information content (AvgIpc) is 3.23. The highest BCUT2D eigenvalue weighted by molar-refractivity contribution is 7.66. The highest BCUT2D eigenvalue weighted by Gasteiger charge is 2.58. The topological polar surface area (TPSA) is 260 Å². The summed E-state index contributed by atoms with van der Waals surface area (Å²) in [5.74, 6) is 4.23. The molecule has 37 heavy (non-hydrogen) atoms. The predicted molar refractivity (Wildman–Crippen MR) is 118 cm³/mol. The molecule has 17 nitrogen and oxygen atoms in total. The molecule has 1 aliphatic rings. The van der Waals surface area contributed by atoms with Crippen LogP contribution in [0.3, 0.4) is 0 Å². The monoisotopic (exact) mass is 591 g/mol. The third kappa shape index (κ3) is 6.62. The standard InChI is InChI=1S/C16H21FN3O14P3/c1-8(32-36(27,28)34-37(29,30)33-35(24,25)26)11-12(21)16(23,5-3-6-17)15(31-11)20-7-4-10-13(20)18-9(2)19-14(10)22/h4,7-8,11-12,15,21,23H,6H2,1-2H3,(H,27,28)(H,29,30)(H,18,19,22)(H2,24,25,26)/t8-,11-,12+,15-,16?/m1/s1. The molecule has 21 heteroatoms. The zero-order valence-electron chi connectivity index (χ0n) is 18.7. The molecule has 1 saturated heterocycles. The number of ether oxygens (including phenoxy) is 1. The largest absolute Gasteiger partial charge is 0.490 e. The van der Waals surface area contributed by atoms with Crippen LogP contribution in [0, 0.1) is 18.8 Å². The summed E-state index contributed by atoms with van der Waals surface area (Å²) >= 11 is 0. The number of hydrogen-bond acceptors (Lipinski definition) is 11. The first-order valence-electron chi connectivity index (χ1n) is 9.91. The van der Waals surface area contributed by atoms with Crippen LogP contribution in [0.5, 0.6) is 0 Å². The van der Waals surface area contributed by atoms with Crippen molar-refractivity contribution < 1.29 is 65.8 Å².